The molecule has 5 heteroatoms. The van der Waals surface area contributed by atoms with Crippen molar-refractivity contribution in [3.05, 3.63) is 16.1 Å². The van der Waals surface area contributed by atoms with Crippen molar-refractivity contribution >= 4 is 17.2 Å². The van der Waals surface area contributed by atoms with Gasteiger partial charge in [-0.1, -0.05) is 6.92 Å². The average Bonchev–Trinajstić information content (AvgIpc) is 2.72. The lowest BCUT2D eigenvalue weighted by molar-refractivity contribution is 0.0816. The Hall–Kier alpha value is -0.940. The van der Waals surface area contributed by atoms with Crippen LogP contribution in [-0.4, -0.2) is 23.0 Å². The molecule has 1 heterocycles. The second-order valence-electron chi connectivity index (χ2n) is 4.61. The summed E-state index contributed by atoms with van der Waals surface area (Å²) in [6.07, 6.45) is 5.14. The molecule has 1 amide bonds. The van der Waals surface area contributed by atoms with Gasteiger partial charge in [0, 0.05) is 17.3 Å². The first-order valence-corrected chi connectivity index (χ1v) is 7.04. The maximum atomic E-state index is 12.0. The van der Waals surface area contributed by atoms with E-state index in [2.05, 4.69) is 17.2 Å². The molecule has 3 N–H and O–H groups in total. The van der Waals surface area contributed by atoms with Gasteiger partial charge in [-0.15, -0.1) is 11.3 Å². The highest BCUT2D eigenvalue weighted by molar-refractivity contribution is 7.09. The molecule has 0 bridgehead atoms. The molecule has 0 aromatic carbocycles. The maximum Gasteiger partial charge on any atom is 0.271 e. The molecule has 2 rings (SSSR count). The first kappa shape index (κ1) is 12.5. The maximum absolute atomic E-state index is 12.0. The Labute approximate surface area is 106 Å². The zero-order chi connectivity index (χ0) is 12.3. The number of amides is 1. The molecule has 1 fully saturated rings. The van der Waals surface area contributed by atoms with Gasteiger partial charge >= 0.3 is 0 Å². The first-order valence-electron chi connectivity index (χ1n) is 6.16. The zero-order valence-corrected chi connectivity index (χ0v) is 11.0. The Bertz CT molecular complexity index is 393. The quantitative estimate of drug-likeness (QED) is 0.839. The Morgan fingerprint density at radius 2 is 2.41 bits per heavy atom. The fraction of sp³-hybridized carbons (Fsp3) is 0.667. The number of rotatable bonds is 5. The predicted molar refractivity (Wildman–Crippen MR) is 69.2 cm³/mol. The van der Waals surface area contributed by atoms with Gasteiger partial charge in [0.2, 0.25) is 0 Å². The van der Waals surface area contributed by atoms with E-state index in [1.165, 1.54) is 17.8 Å². The Morgan fingerprint density at radius 1 is 1.65 bits per heavy atom. The molecular weight excluding hydrogens is 234 g/mol. The van der Waals surface area contributed by atoms with Gasteiger partial charge in [-0.25, -0.2) is 4.98 Å². The molecule has 0 saturated heterocycles. The number of nitrogens with one attached hydrogen (secondary N) is 1. The molecule has 1 aromatic heterocycles. The normalized spacial score (nSPS) is 17.5. The van der Waals surface area contributed by atoms with Crippen LogP contribution in [0.2, 0.25) is 0 Å². The number of hydrogen-bond acceptors (Lipinski definition) is 4. The smallest absolute Gasteiger partial charge is 0.271 e. The van der Waals surface area contributed by atoms with E-state index in [0.29, 0.717) is 12.2 Å². The molecule has 1 aliphatic carbocycles. The lowest BCUT2D eigenvalue weighted by Gasteiger charge is -2.41. The van der Waals surface area contributed by atoms with E-state index in [4.69, 9.17) is 5.73 Å². The molecule has 0 aliphatic heterocycles. The Balaban J connectivity index is 1.99. The van der Waals surface area contributed by atoms with E-state index in [1.54, 1.807) is 0 Å². The van der Waals surface area contributed by atoms with Crippen molar-refractivity contribution in [2.45, 2.75) is 44.6 Å². The van der Waals surface area contributed by atoms with Crippen LogP contribution in [0.3, 0.4) is 0 Å². The molecule has 94 valence electrons. The fourth-order valence-corrected chi connectivity index (χ4v) is 2.92. The van der Waals surface area contributed by atoms with Crippen molar-refractivity contribution in [3.63, 3.8) is 0 Å². The predicted octanol–water partition coefficient (Wildman–Crippen LogP) is 1.71. The van der Waals surface area contributed by atoms with Gasteiger partial charge in [0.15, 0.2) is 0 Å². The SMILES string of the molecule is CCC1(NC(=O)c2csc(CCN)n2)CCC1. The summed E-state index contributed by atoms with van der Waals surface area (Å²) in [4.78, 5) is 16.3. The average molecular weight is 253 g/mol. The van der Waals surface area contributed by atoms with Gasteiger partial charge < -0.3 is 11.1 Å². The molecular formula is C12H19N3OS. The lowest BCUT2D eigenvalue weighted by atomic mass is 9.75. The van der Waals surface area contributed by atoms with Crippen molar-refractivity contribution in [2.24, 2.45) is 5.73 Å². The molecule has 1 aliphatic rings. The molecule has 0 unspecified atom stereocenters. The van der Waals surface area contributed by atoms with Crippen molar-refractivity contribution < 1.29 is 4.79 Å². The van der Waals surface area contributed by atoms with Crippen LogP contribution in [0.15, 0.2) is 5.38 Å². The van der Waals surface area contributed by atoms with Crippen molar-refractivity contribution in [3.8, 4) is 0 Å². The largest absolute Gasteiger partial charge is 0.345 e. The summed E-state index contributed by atoms with van der Waals surface area (Å²) in [5, 5.41) is 5.89. The van der Waals surface area contributed by atoms with Crippen molar-refractivity contribution in [1.82, 2.24) is 10.3 Å². The number of thiazole rings is 1. The molecule has 0 atom stereocenters. The van der Waals surface area contributed by atoms with E-state index in [1.807, 2.05) is 5.38 Å². The Morgan fingerprint density at radius 3 is 2.94 bits per heavy atom. The summed E-state index contributed by atoms with van der Waals surface area (Å²) in [5.41, 5.74) is 6.04. The standard InChI is InChI=1S/C12H19N3OS/c1-2-12(5-3-6-12)15-11(16)9-8-17-10(14-9)4-7-13/h8H,2-7,13H2,1H3,(H,15,16). The summed E-state index contributed by atoms with van der Waals surface area (Å²) < 4.78 is 0. The van der Waals surface area contributed by atoms with Gasteiger partial charge in [0.1, 0.15) is 5.69 Å². The number of hydrogen-bond donors (Lipinski definition) is 2. The summed E-state index contributed by atoms with van der Waals surface area (Å²) in [5.74, 6) is -0.0360. The van der Waals surface area contributed by atoms with Crippen LogP contribution in [0.5, 0.6) is 0 Å². The lowest BCUT2D eigenvalue weighted by Crippen LogP contribution is -2.53. The highest BCUT2D eigenvalue weighted by Crippen LogP contribution is 2.34. The van der Waals surface area contributed by atoms with Crippen LogP contribution in [0, 0.1) is 0 Å². The van der Waals surface area contributed by atoms with E-state index in [9.17, 15) is 4.79 Å². The van der Waals surface area contributed by atoms with Gasteiger partial charge in [-0.2, -0.15) is 0 Å². The minimum atomic E-state index is -0.0360. The number of carbonyl (C=O) groups excluding carboxylic acids is 1. The second kappa shape index (κ2) is 5.14. The summed E-state index contributed by atoms with van der Waals surface area (Å²) >= 11 is 1.51. The monoisotopic (exact) mass is 253 g/mol. The number of nitrogens with zero attached hydrogens (tertiary/aromatic N) is 1. The first-order chi connectivity index (χ1) is 8.19. The number of aromatic nitrogens is 1. The van der Waals surface area contributed by atoms with Crippen LogP contribution in [-0.2, 0) is 6.42 Å². The van der Waals surface area contributed by atoms with Crippen LogP contribution >= 0.6 is 11.3 Å². The number of nitrogens with two attached hydrogens (primary N) is 1. The topological polar surface area (TPSA) is 68.0 Å². The third-order valence-corrected chi connectivity index (χ3v) is 4.42. The van der Waals surface area contributed by atoms with Crippen LogP contribution in [0.25, 0.3) is 0 Å². The molecule has 0 radical (unpaired) electrons. The number of carbonyl (C=O) groups is 1. The van der Waals surface area contributed by atoms with E-state index < -0.39 is 0 Å². The molecule has 0 spiro atoms. The molecule has 1 aromatic rings. The van der Waals surface area contributed by atoms with Crippen molar-refractivity contribution in [1.29, 1.82) is 0 Å². The zero-order valence-electron chi connectivity index (χ0n) is 10.2. The van der Waals surface area contributed by atoms with E-state index in [0.717, 1.165) is 30.7 Å². The van der Waals surface area contributed by atoms with Gasteiger partial charge in [-0.05, 0) is 32.2 Å². The van der Waals surface area contributed by atoms with E-state index in [-0.39, 0.29) is 11.4 Å². The van der Waals surface area contributed by atoms with Gasteiger partial charge in [0.05, 0.1) is 5.01 Å². The molecule has 1 saturated carbocycles. The minimum Gasteiger partial charge on any atom is -0.345 e. The summed E-state index contributed by atoms with van der Waals surface area (Å²) in [6.45, 7) is 2.70. The van der Waals surface area contributed by atoms with Gasteiger partial charge in [0.25, 0.3) is 5.91 Å². The Kier molecular flexibility index (Phi) is 3.79. The molecule has 4 nitrogen and oxygen atoms in total. The van der Waals surface area contributed by atoms with Crippen molar-refractivity contribution in [2.75, 3.05) is 6.54 Å². The highest BCUT2D eigenvalue weighted by Gasteiger charge is 2.36. The summed E-state index contributed by atoms with van der Waals surface area (Å²) in [7, 11) is 0. The van der Waals surface area contributed by atoms with E-state index >= 15 is 0 Å². The summed E-state index contributed by atoms with van der Waals surface area (Å²) in [6, 6.07) is 0. The third kappa shape index (κ3) is 2.66. The van der Waals surface area contributed by atoms with Crippen LogP contribution in [0.4, 0.5) is 0 Å². The third-order valence-electron chi connectivity index (χ3n) is 3.51. The van der Waals surface area contributed by atoms with Crippen LogP contribution in [0.1, 0.15) is 48.1 Å². The minimum absolute atomic E-state index is 0.0360. The van der Waals surface area contributed by atoms with Gasteiger partial charge in [-0.3, -0.25) is 4.79 Å². The fourth-order valence-electron chi connectivity index (χ4n) is 2.13. The van der Waals surface area contributed by atoms with Crippen LogP contribution < -0.4 is 11.1 Å². The molecule has 17 heavy (non-hydrogen) atoms. The highest BCUT2D eigenvalue weighted by atomic mass is 32.1. The second-order valence-corrected chi connectivity index (χ2v) is 5.55.